The minimum Gasteiger partial charge on any atom is -0.488 e. The number of benzene rings is 2. The molecule has 1 N–H and O–H groups in total. The van der Waals surface area contributed by atoms with Crippen molar-refractivity contribution in [1.82, 2.24) is 19.8 Å². The molecule has 1 aromatic heterocycles. The van der Waals surface area contributed by atoms with E-state index >= 15 is 0 Å². The van der Waals surface area contributed by atoms with Crippen LogP contribution in [0.4, 0.5) is 15.9 Å². The van der Waals surface area contributed by atoms with Gasteiger partial charge in [0.1, 0.15) is 37.3 Å². The van der Waals surface area contributed by atoms with Gasteiger partial charge in [0.05, 0.1) is 30.3 Å². The van der Waals surface area contributed by atoms with E-state index in [0.29, 0.717) is 67.5 Å². The number of fused-ring (bicyclic) bond motifs is 1. The van der Waals surface area contributed by atoms with Gasteiger partial charge in [-0.1, -0.05) is 11.6 Å². The Morgan fingerprint density at radius 3 is 2.73 bits per heavy atom. The maximum Gasteiger partial charge on any atom is 0.320 e. The summed E-state index contributed by atoms with van der Waals surface area (Å²) in [6.07, 6.45) is 4.23. The summed E-state index contributed by atoms with van der Waals surface area (Å²) in [5, 5.41) is 3.97. The number of rotatable bonds is 9. The predicted molar refractivity (Wildman–Crippen MR) is 152 cm³/mol. The van der Waals surface area contributed by atoms with Gasteiger partial charge in [-0.3, -0.25) is 14.6 Å². The highest BCUT2D eigenvalue weighted by molar-refractivity contribution is 6.31. The van der Waals surface area contributed by atoms with Crippen molar-refractivity contribution in [3.63, 3.8) is 0 Å². The Labute approximate surface area is 242 Å². The van der Waals surface area contributed by atoms with Crippen LogP contribution in [0.15, 0.2) is 36.7 Å². The lowest BCUT2D eigenvalue weighted by molar-refractivity contribution is -0.152. The summed E-state index contributed by atoms with van der Waals surface area (Å²) in [5.74, 6) is 1.14. The van der Waals surface area contributed by atoms with Gasteiger partial charge in [0.15, 0.2) is 11.5 Å². The number of aromatic nitrogens is 2. The molecule has 4 heterocycles. The van der Waals surface area contributed by atoms with Gasteiger partial charge in [-0.25, -0.2) is 14.4 Å². The highest BCUT2D eigenvalue weighted by atomic mass is 35.5. The topological polar surface area (TPSA) is 98.3 Å². The molecular weight excluding hydrogens is 553 g/mol. The number of halogens is 2. The standard InChI is InChI=1S/C29H33ClFN5O5/c30-23-13-19(1-2-24(23)31)34-29-22-14-27(41-21-5-10-38-17-21)26(15-25(22)32-18-33-29)39-11-8-35-6-3-20(4-7-35)36-9-12-40-28(37)16-36/h1-2,13-15,18,20-21H,3-12,16-17H2,(H,32,33,34). The molecule has 0 bridgehead atoms. The number of cyclic esters (lactones) is 1. The Hall–Kier alpha value is -3.25. The molecular formula is C29H33ClFN5O5. The predicted octanol–water partition coefficient (Wildman–Crippen LogP) is 4.04. The Morgan fingerprint density at radius 2 is 1.95 bits per heavy atom. The maximum absolute atomic E-state index is 13.7. The maximum atomic E-state index is 13.7. The van der Waals surface area contributed by atoms with Gasteiger partial charge in [0, 0.05) is 42.7 Å². The smallest absolute Gasteiger partial charge is 0.320 e. The molecule has 0 spiro atoms. The van der Waals surface area contributed by atoms with Crippen molar-refractivity contribution in [2.24, 2.45) is 0 Å². The summed E-state index contributed by atoms with van der Waals surface area (Å²) in [6.45, 7) is 6.05. The average molecular weight is 586 g/mol. The number of likely N-dealkylation sites (tertiary alicyclic amines) is 1. The Bertz CT molecular complexity index is 1380. The Morgan fingerprint density at radius 1 is 1.07 bits per heavy atom. The number of anilines is 2. The number of carbonyl (C=O) groups is 1. The third-order valence-electron chi connectivity index (χ3n) is 7.78. The quantitative estimate of drug-likeness (QED) is 0.371. The molecule has 3 aliphatic rings. The first kappa shape index (κ1) is 27.9. The second-order valence-corrected chi connectivity index (χ2v) is 10.9. The molecule has 3 saturated heterocycles. The van der Waals surface area contributed by atoms with E-state index in [0.717, 1.165) is 50.8 Å². The van der Waals surface area contributed by atoms with Gasteiger partial charge in [0.2, 0.25) is 0 Å². The number of nitrogens with one attached hydrogen (secondary N) is 1. The Balaban J connectivity index is 1.14. The molecule has 41 heavy (non-hydrogen) atoms. The van der Waals surface area contributed by atoms with Gasteiger partial charge < -0.3 is 24.3 Å². The number of nitrogens with zero attached hydrogens (tertiary/aromatic N) is 4. The largest absolute Gasteiger partial charge is 0.488 e. The molecule has 12 heteroatoms. The van der Waals surface area contributed by atoms with Crippen molar-refractivity contribution in [1.29, 1.82) is 0 Å². The van der Waals surface area contributed by atoms with E-state index in [2.05, 4.69) is 25.1 Å². The highest BCUT2D eigenvalue weighted by Crippen LogP contribution is 2.36. The molecule has 1 unspecified atom stereocenters. The highest BCUT2D eigenvalue weighted by Gasteiger charge is 2.29. The fourth-order valence-corrected chi connectivity index (χ4v) is 5.72. The normalized spacial score (nSPS) is 20.7. The molecule has 2 aromatic carbocycles. The van der Waals surface area contributed by atoms with Crippen molar-refractivity contribution in [2.75, 3.05) is 64.5 Å². The van der Waals surface area contributed by atoms with E-state index in [9.17, 15) is 9.18 Å². The number of hydrogen-bond donors (Lipinski definition) is 1. The lowest BCUT2D eigenvalue weighted by Crippen LogP contribution is -2.50. The first-order valence-electron chi connectivity index (χ1n) is 14.0. The van der Waals surface area contributed by atoms with Crippen LogP contribution >= 0.6 is 11.6 Å². The molecule has 10 nitrogen and oxygen atoms in total. The van der Waals surface area contributed by atoms with Crippen LogP contribution in [-0.4, -0.2) is 97.0 Å². The average Bonchev–Trinajstić information content (AvgIpc) is 3.49. The van der Waals surface area contributed by atoms with Crippen molar-refractivity contribution >= 4 is 40.0 Å². The summed E-state index contributed by atoms with van der Waals surface area (Å²) < 4.78 is 36.9. The molecule has 6 rings (SSSR count). The number of morpholine rings is 1. The van der Waals surface area contributed by atoms with Crippen molar-refractivity contribution in [2.45, 2.75) is 31.4 Å². The summed E-state index contributed by atoms with van der Waals surface area (Å²) >= 11 is 5.97. The second-order valence-electron chi connectivity index (χ2n) is 10.5. The molecule has 3 aromatic rings. The number of esters is 1. The summed E-state index contributed by atoms with van der Waals surface area (Å²) in [6, 6.07) is 8.59. The minimum absolute atomic E-state index is 0.0229. The van der Waals surface area contributed by atoms with Gasteiger partial charge in [-0.2, -0.15) is 0 Å². The fraction of sp³-hybridized carbons (Fsp3) is 0.483. The number of ether oxygens (including phenoxy) is 4. The van der Waals surface area contributed by atoms with Crippen molar-refractivity contribution in [3.8, 4) is 11.5 Å². The van der Waals surface area contributed by atoms with E-state index in [4.69, 9.17) is 30.5 Å². The molecule has 0 amide bonds. The zero-order valence-corrected chi connectivity index (χ0v) is 23.4. The summed E-state index contributed by atoms with van der Waals surface area (Å²) in [4.78, 5) is 25.2. The lowest BCUT2D eigenvalue weighted by atomic mass is 10.0. The molecule has 3 fully saturated rings. The zero-order chi connectivity index (χ0) is 28.2. The van der Waals surface area contributed by atoms with Crippen LogP contribution in [0.25, 0.3) is 10.9 Å². The zero-order valence-electron chi connectivity index (χ0n) is 22.7. The third-order valence-corrected chi connectivity index (χ3v) is 8.07. The Kier molecular flexibility index (Phi) is 8.66. The van der Waals surface area contributed by atoms with E-state index in [1.807, 2.05) is 12.1 Å². The fourth-order valence-electron chi connectivity index (χ4n) is 5.54. The van der Waals surface area contributed by atoms with E-state index < -0.39 is 5.82 Å². The van der Waals surface area contributed by atoms with Crippen LogP contribution in [-0.2, 0) is 14.3 Å². The van der Waals surface area contributed by atoms with Crippen LogP contribution in [0, 0.1) is 5.82 Å². The molecule has 0 saturated carbocycles. The third kappa shape index (κ3) is 6.81. The van der Waals surface area contributed by atoms with Crippen molar-refractivity contribution in [3.05, 3.63) is 47.5 Å². The molecule has 1 atom stereocenters. The van der Waals surface area contributed by atoms with E-state index in [-0.39, 0.29) is 17.1 Å². The summed E-state index contributed by atoms with van der Waals surface area (Å²) in [7, 11) is 0. The number of piperidine rings is 1. The van der Waals surface area contributed by atoms with Gasteiger partial charge in [0.25, 0.3) is 0 Å². The van der Waals surface area contributed by atoms with Crippen LogP contribution in [0.3, 0.4) is 0 Å². The summed E-state index contributed by atoms with van der Waals surface area (Å²) in [5.41, 5.74) is 1.29. The van der Waals surface area contributed by atoms with Gasteiger partial charge >= 0.3 is 5.97 Å². The number of hydrogen-bond acceptors (Lipinski definition) is 10. The first-order valence-corrected chi connectivity index (χ1v) is 14.4. The minimum atomic E-state index is -0.487. The van der Waals surface area contributed by atoms with E-state index in [1.165, 1.54) is 18.5 Å². The van der Waals surface area contributed by atoms with Crippen molar-refractivity contribution < 1.29 is 28.1 Å². The SMILES string of the molecule is O=C1CN(C2CCN(CCOc3cc4ncnc(Nc5ccc(F)c(Cl)c5)c4cc3OC3CCOC3)CC2)CCO1. The second kappa shape index (κ2) is 12.7. The van der Waals surface area contributed by atoms with Crippen LogP contribution in [0.5, 0.6) is 11.5 Å². The number of carbonyl (C=O) groups excluding carboxylic acids is 1. The van der Waals surface area contributed by atoms with Crippen LogP contribution in [0.1, 0.15) is 19.3 Å². The first-order chi connectivity index (χ1) is 20.0. The molecule has 3 aliphatic heterocycles. The monoisotopic (exact) mass is 585 g/mol. The molecule has 0 aliphatic carbocycles. The van der Waals surface area contributed by atoms with E-state index in [1.54, 1.807) is 6.07 Å². The van der Waals surface area contributed by atoms with Gasteiger partial charge in [-0.05, 0) is 50.2 Å². The molecule has 0 radical (unpaired) electrons. The molecule has 218 valence electrons. The van der Waals surface area contributed by atoms with Crippen LogP contribution < -0.4 is 14.8 Å². The lowest BCUT2D eigenvalue weighted by Gasteiger charge is -2.39. The van der Waals surface area contributed by atoms with Gasteiger partial charge in [-0.15, -0.1) is 0 Å². The van der Waals surface area contributed by atoms with Crippen LogP contribution in [0.2, 0.25) is 5.02 Å².